The van der Waals surface area contributed by atoms with Gasteiger partial charge >= 0.3 is 6.03 Å². The van der Waals surface area contributed by atoms with E-state index in [2.05, 4.69) is 10.6 Å². The molecule has 2 rings (SSSR count). The third kappa shape index (κ3) is 4.43. The van der Waals surface area contributed by atoms with E-state index in [9.17, 15) is 14.0 Å². The minimum atomic E-state index is -0.687. The van der Waals surface area contributed by atoms with Crippen molar-refractivity contribution in [2.45, 2.75) is 39.2 Å². The average molecular weight is 321 g/mol. The second kappa shape index (κ2) is 7.94. The third-order valence-electron chi connectivity index (χ3n) is 4.30. The zero-order valence-corrected chi connectivity index (χ0v) is 13.6. The molecule has 1 fully saturated rings. The molecule has 0 radical (unpaired) electrons. The molecular formula is C17H24FN3O2. The van der Waals surface area contributed by atoms with Gasteiger partial charge in [0.1, 0.15) is 11.9 Å². The van der Waals surface area contributed by atoms with Crippen molar-refractivity contribution < 1.29 is 14.0 Å². The van der Waals surface area contributed by atoms with Crippen molar-refractivity contribution in [2.24, 2.45) is 5.92 Å². The highest BCUT2D eigenvalue weighted by Crippen LogP contribution is 2.16. The number of urea groups is 1. The SMILES string of the molecule is CC[C@H](C)[C@H](NC(=O)N1CCCC1)C(=O)Nc1ccccc1F. The Morgan fingerprint density at radius 3 is 2.52 bits per heavy atom. The average Bonchev–Trinajstić information content (AvgIpc) is 3.08. The smallest absolute Gasteiger partial charge is 0.318 e. The largest absolute Gasteiger partial charge is 0.326 e. The molecule has 23 heavy (non-hydrogen) atoms. The molecule has 1 heterocycles. The summed E-state index contributed by atoms with van der Waals surface area (Å²) in [5, 5.41) is 5.38. The fraction of sp³-hybridized carbons (Fsp3) is 0.529. The monoisotopic (exact) mass is 321 g/mol. The first-order chi connectivity index (χ1) is 11.0. The van der Waals surface area contributed by atoms with Crippen LogP contribution < -0.4 is 10.6 Å². The number of halogens is 1. The van der Waals surface area contributed by atoms with Crippen molar-refractivity contribution in [1.29, 1.82) is 0 Å². The fourth-order valence-electron chi connectivity index (χ4n) is 2.62. The van der Waals surface area contributed by atoms with Gasteiger partial charge in [-0.1, -0.05) is 32.4 Å². The molecule has 0 saturated carbocycles. The first-order valence-corrected chi connectivity index (χ1v) is 8.13. The van der Waals surface area contributed by atoms with Crippen molar-refractivity contribution in [3.8, 4) is 0 Å². The van der Waals surface area contributed by atoms with Crippen molar-refractivity contribution in [3.63, 3.8) is 0 Å². The Bertz CT molecular complexity index is 559. The number of hydrogen-bond donors (Lipinski definition) is 2. The molecule has 1 aliphatic rings. The Hall–Kier alpha value is -2.11. The Balaban J connectivity index is 2.06. The van der Waals surface area contributed by atoms with Crippen LogP contribution in [0.5, 0.6) is 0 Å². The molecule has 1 aliphatic heterocycles. The predicted molar refractivity (Wildman–Crippen MR) is 87.6 cm³/mol. The number of likely N-dealkylation sites (tertiary alicyclic amines) is 1. The number of anilines is 1. The van der Waals surface area contributed by atoms with Crippen molar-refractivity contribution in [3.05, 3.63) is 30.1 Å². The van der Waals surface area contributed by atoms with E-state index in [1.54, 1.807) is 17.0 Å². The lowest BCUT2D eigenvalue weighted by Gasteiger charge is -2.26. The van der Waals surface area contributed by atoms with Gasteiger partial charge in [0.05, 0.1) is 5.69 Å². The van der Waals surface area contributed by atoms with Crippen molar-refractivity contribution in [2.75, 3.05) is 18.4 Å². The summed E-state index contributed by atoms with van der Waals surface area (Å²) in [6, 6.07) is 5.09. The summed E-state index contributed by atoms with van der Waals surface area (Å²) >= 11 is 0. The molecule has 0 aliphatic carbocycles. The molecule has 2 N–H and O–H groups in total. The van der Waals surface area contributed by atoms with Crippen LogP contribution in [0.15, 0.2) is 24.3 Å². The molecule has 5 nitrogen and oxygen atoms in total. The second-order valence-electron chi connectivity index (χ2n) is 5.98. The van der Waals surface area contributed by atoms with Gasteiger partial charge in [-0.3, -0.25) is 4.79 Å². The maximum Gasteiger partial charge on any atom is 0.318 e. The summed E-state index contributed by atoms with van der Waals surface area (Å²) in [6.45, 7) is 5.29. The molecule has 2 atom stereocenters. The number of rotatable bonds is 5. The van der Waals surface area contributed by atoms with E-state index in [0.717, 1.165) is 19.3 Å². The molecule has 1 saturated heterocycles. The summed E-state index contributed by atoms with van der Waals surface area (Å²) in [7, 11) is 0. The lowest BCUT2D eigenvalue weighted by Crippen LogP contribution is -2.51. The first-order valence-electron chi connectivity index (χ1n) is 8.13. The van der Waals surface area contributed by atoms with Gasteiger partial charge in [-0.25, -0.2) is 9.18 Å². The number of carbonyl (C=O) groups is 2. The molecule has 1 aromatic carbocycles. The molecule has 6 heteroatoms. The first kappa shape index (κ1) is 17.2. The summed E-state index contributed by atoms with van der Waals surface area (Å²) < 4.78 is 13.7. The Morgan fingerprint density at radius 1 is 1.26 bits per heavy atom. The molecule has 0 spiro atoms. The number of benzene rings is 1. The van der Waals surface area contributed by atoms with Crippen molar-refractivity contribution >= 4 is 17.6 Å². The van der Waals surface area contributed by atoms with Gasteiger partial charge < -0.3 is 15.5 Å². The van der Waals surface area contributed by atoms with Crippen LogP contribution in [0.25, 0.3) is 0 Å². The zero-order valence-electron chi connectivity index (χ0n) is 13.6. The minimum absolute atomic E-state index is 0.0478. The molecular weight excluding hydrogens is 297 g/mol. The Labute approximate surface area is 136 Å². The van der Waals surface area contributed by atoms with Gasteiger partial charge in [-0.15, -0.1) is 0 Å². The lowest BCUT2D eigenvalue weighted by atomic mass is 9.98. The van der Waals surface area contributed by atoms with Crippen LogP contribution in [-0.4, -0.2) is 36.0 Å². The van der Waals surface area contributed by atoms with Crippen LogP contribution in [0.2, 0.25) is 0 Å². The number of nitrogens with zero attached hydrogens (tertiary/aromatic N) is 1. The maximum atomic E-state index is 13.7. The number of para-hydroxylation sites is 1. The third-order valence-corrected chi connectivity index (χ3v) is 4.30. The highest BCUT2D eigenvalue weighted by Gasteiger charge is 2.29. The molecule has 3 amide bonds. The van der Waals surface area contributed by atoms with Crippen LogP contribution in [0.1, 0.15) is 33.1 Å². The highest BCUT2D eigenvalue weighted by atomic mass is 19.1. The standard InChI is InChI=1S/C17H24FN3O2/c1-3-12(2)15(20-17(23)21-10-6-7-11-21)16(22)19-14-9-5-4-8-13(14)18/h4-5,8-9,12,15H,3,6-7,10-11H2,1-2H3,(H,19,22)(H,20,23)/t12-,15-/m0/s1. The van der Waals surface area contributed by atoms with E-state index in [1.807, 2.05) is 13.8 Å². The summed E-state index contributed by atoms with van der Waals surface area (Å²) in [5.74, 6) is -0.931. The number of hydrogen-bond acceptors (Lipinski definition) is 2. The zero-order chi connectivity index (χ0) is 16.8. The second-order valence-corrected chi connectivity index (χ2v) is 5.98. The van der Waals surface area contributed by atoms with E-state index in [0.29, 0.717) is 13.1 Å². The normalized spacial score (nSPS) is 16.7. The van der Waals surface area contributed by atoms with Crippen LogP contribution in [0, 0.1) is 11.7 Å². The topological polar surface area (TPSA) is 61.4 Å². The van der Waals surface area contributed by atoms with E-state index in [-0.39, 0.29) is 17.6 Å². The molecule has 126 valence electrons. The molecule has 1 aromatic rings. The van der Waals surface area contributed by atoms with E-state index in [4.69, 9.17) is 0 Å². The highest BCUT2D eigenvalue weighted by molar-refractivity contribution is 5.97. The van der Waals surface area contributed by atoms with E-state index in [1.165, 1.54) is 12.1 Å². The van der Waals surface area contributed by atoms with Crippen LogP contribution in [0.3, 0.4) is 0 Å². The van der Waals surface area contributed by atoms with Crippen LogP contribution in [0.4, 0.5) is 14.9 Å². The summed E-state index contributed by atoms with van der Waals surface area (Å²) in [6.07, 6.45) is 2.71. The number of amides is 3. The number of carbonyl (C=O) groups excluding carboxylic acids is 2. The number of nitrogens with one attached hydrogen (secondary N) is 2. The summed E-state index contributed by atoms with van der Waals surface area (Å²) in [4.78, 5) is 26.5. The Kier molecular flexibility index (Phi) is 5.96. The maximum absolute atomic E-state index is 13.7. The van der Waals surface area contributed by atoms with Gasteiger partial charge in [0.15, 0.2) is 0 Å². The van der Waals surface area contributed by atoms with Gasteiger partial charge in [-0.05, 0) is 30.9 Å². The van der Waals surface area contributed by atoms with Gasteiger partial charge in [0, 0.05) is 13.1 Å². The van der Waals surface area contributed by atoms with Crippen LogP contribution in [-0.2, 0) is 4.79 Å². The molecule has 0 bridgehead atoms. The summed E-state index contributed by atoms with van der Waals surface area (Å²) in [5.41, 5.74) is 0.126. The van der Waals surface area contributed by atoms with Gasteiger partial charge in [0.2, 0.25) is 5.91 Å². The van der Waals surface area contributed by atoms with Crippen molar-refractivity contribution in [1.82, 2.24) is 10.2 Å². The van der Waals surface area contributed by atoms with Gasteiger partial charge in [0.25, 0.3) is 0 Å². The van der Waals surface area contributed by atoms with E-state index >= 15 is 0 Å². The molecule has 0 aromatic heterocycles. The van der Waals surface area contributed by atoms with Crippen LogP contribution >= 0.6 is 0 Å². The Morgan fingerprint density at radius 2 is 1.91 bits per heavy atom. The lowest BCUT2D eigenvalue weighted by molar-refractivity contribution is -0.119. The fourth-order valence-corrected chi connectivity index (χ4v) is 2.62. The van der Waals surface area contributed by atoms with Gasteiger partial charge in [-0.2, -0.15) is 0 Å². The quantitative estimate of drug-likeness (QED) is 0.876. The van der Waals surface area contributed by atoms with E-state index < -0.39 is 17.8 Å². The minimum Gasteiger partial charge on any atom is -0.326 e. The molecule has 0 unspecified atom stereocenters. The predicted octanol–water partition coefficient (Wildman–Crippen LogP) is 2.98.